The minimum Gasteiger partial charge on any atom is -0.507 e. The van der Waals surface area contributed by atoms with Crippen LogP contribution in [0.2, 0.25) is 5.02 Å². The molecule has 1 atom stereocenters. The molecule has 1 aliphatic heterocycles. The molecule has 0 amide bonds. The molecule has 1 aliphatic rings. The van der Waals surface area contributed by atoms with E-state index in [0.29, 0.717) is 12.6 Å². The summed E-state index contributed by atoms with van der Waals surface area (Å²) in [5.74, 6) is -0.605. The fourth-order valence-electron chi connectivity index (χ4n) is 3.33. The van der Waals surface area contributed by atoms with Crippen molar-refractivity contribution in [3.05, 3.63) is 51.4 Å². The van der Waals surface area contributed by atoms with Gasteiger partial charge in [0.2, 0.25) is 0 Å². The quantitative estimate of drug-likeness (QED) is 0.843. The highest BCUT2D eigenvalue weighted by Crippen LogP contribution is 2.36. The van der Waals surface area contributed by atoms with Gasteiger partial charge in [-0.25, -0.2) is 0 Å². The Morgan fingerprint density at radius 1 is 1.23 bits per heavy atom. The highest BCUT2D eigenvalue weighted by Gasteiger charge is 2.31. The van der Waals surface area contributed by atoms with E-state index >= 15 is 0 Å². The van der Waals surface area contributed by atoms with E-state index in [-0.39, 0.29) is 27.8 Å². The largest absolute Gasteiger partial charge is 0.507 e. The van der Waals surface area contributed by atoms with E-state index in [1.54, 1.807) is 6.20 Å². The number of likely N-dealkylation sites (N-methyl/N-ethyl adjacent to an activating group) is 1. The molecule has 1 fully saturated rings. The van der Waals surface area contributed by atoms with E-state index < -0.39 is 17.5 Å². The number of alkyl halides is 3. The Balaban J connectivity index is 2.08. The minimum absolute atomic E-state index is 0.0309. The Kier molecular flexibility index (Phi) is 5.03. The summed E-state index contributed by atoms with van der Waals surface area (Å²) in [6.07, 6.45) is -1.29. The van der Waals surface area contributed by atoms with Crippen molar-refractivity contribution in [2.24, 2.45) is 0 Å². The maximum atomic E-state index is 12.9. The lowest BCUT2D eigenvalue weighted by Crippen LogP contribution is -2.37. The average Bonchev–Trinajstić information content (AvgIpc) is 2.56. The molecule has 0 unspecified atom stereocenters. The molecule has 1 aromatic carbocycles. The Hall–Kier alpha value is -1.99. The summed E-state index contributed by atoms with van der Waals surface area (Å²) < 4.78 is 39.9. The lowest BCUT2D eigenvalue weighted by atomic mass is 10.0. The highest BCUT2D eigenvalue weighted by atomic mass is 35.5. The van der Waals surface area contributed by atoms with Crippen LogP contribution >= 0.6 is 11.6 Å². The SMILES string of the molecule is CN1CCC[C@@H](n2cc(Cl)cc(-c3ccc(C(F)(F)F)cc3O)c2=O)C1. The maximum absolute atomic E-state index is 12.9. The summed E-state index contributed by atoms with van der Waals surface area (Å²) in [4.78, 5) is 15.0. The van der Waals surface area contributed by atoms with Crippen LogP contribution in [0.4, 0.5) is 13.2 Å². The van der Waals surface area contributed by atoms with Crippen molar-refractivity contribution in [1.29, 1.82) is 0 Å². The normalized spacial score (nSPS) is 18.9. The molecule has 2 aromatic rings. The second kappa shape index (κ2) is 6.96. The fraction of sp³-hybridized carbons (Fsp3) is 0.389. The molecule has 26 heavy (non-hydrogen) atoms. The third kappa shape index (κ3) is 3.73. The first-order chi connectivity index (χ1) is 12.2. The molecule has 0 bridgehead atoms. The number of phenolic OH excluding ortho intramolecular Hbond substituents is 1. The van der Waals surface area contributed by atoms with Gasteiger partial charge < -0.3 is 14.6 Å². The topological polar surface area (TPSA) is 45.5 Å². The van der Waals surface area contributed by atoms with E-state index in [1.165, 1.54) is 10.6 Å². The number of aromatic hydroxyl groups is 1. The smallest absolute Gasteiger partial charge is 0.416 e. The van der Waals surface area contributed by atoms with Gasteiger partial charge in [-0.2, -0.15) is 13.2 Å². The first-order valence-corrected chi connectivity index (χ1v) is 8.55. The monoisotopic (exact) mass is 386 g/mol. The highest BCUT2D eigenvalue weighted by molar-refractivity contribution is 6.30. The number of likely N-dealkylation sites (tertiary alicyclic amines) is 1. The molecule has 1 aromatic heterocycles. The number of nitrogens with zero attached hydrogens (tertiary/aromatic N) is 2. The molecule has 0 radical (unpaired) electrons. The van der Waals surface area contributed by atoms with Gasteiger partial charge in [-0.3, -0.25) is 4.79 Å². The summed E-state index contributed by atoms with van der Waals surface area (Å²) in [6, 6.07) is 3.86. The van der Waals surface area contributed by atoms with Gasteiger partial charge in [0, 0.05) is 24.3 Å². The second-order valence-electron chi connectivity index (χ2n) is 6.57. The van der Waals surface area contributed by atoms with E-state index in [0.717, 1.165) is 31.5 Å². The number of rotatable bonds is 2. The number of hydrogen-bond donors (Lipinski definition) is 1. The Labute approximate surface area is 153 Å². The third-order valence-electron chi connectivity index (χ3n) is 4.62. The van der Waals surface area contributed by atoms with Gasteiger partial charge in [0.15, 0.2) is 0 Å². The van der Waals surface area contributed by atoms with Gasteiger partial charge in [-0.05, 0) is 50.7 Å². The van der Waals surface area contributed by atoms with Crippen molar-refractivity contribution in [2.45, 2.75) is 25.1 Å². The number of aromatic nitrogens is 1. The van der Waals surface area contributed by atoms with Crippen molar-refractivity contribution in [1.82, 2.24) is 9.47 Å². The Morgan fingerprint density at radius 2 is 1.96 bits per heavy atom. The van der Waals surface area contributed by atoms with Crippen LogP contribution < -0.4 is 5.56 Å². The van der Waals surface area contributed by atoms with Gasteiger partial charge in [0.25, 0.3) is 5.56 Å². The van der Waals surface area contributed by atoms with Crippen LogP contribution in [0.3, 0.4) is 0 Å². The zero-order valence-electron chi connectivity index (χ0n) is 14.1. The first-order valence-electron chi connectivity index (χ1n) is 8.17. The maximum Gasteiger partial charge on any atom is 0.416 e. The van der Waals surface area contributed by atoms with Crippen LogP contribution in [0, 0.1) is 0 Å². The molecule has 140 valence electrons. The second-order valence-corrected chi connectivity index (χ2v) is 7.01. The summed E-state index contributed by atoms with van der Waals surface area (Å²) in [7, 11) is 1.96. The third-order valence-corrected chi connectivity index (χ3v) is 4.82. The van der Waals surface area contributed by atoms with Crippen LogP contribution in [0.15, 0.2) is 35.3 Å². The predicted octanol–water partition coefficient (Wildman–Crippen LogP) is 4.16. The van der Waals surface area contributed by atoms with Gasteiger partial charge in [0.05, 0.1) is 16.1 Å². The standard InChI is InChI=1S/C18H18ClF3N2O2/c1-23-6-2-3-13(10-23)24-9-12(19)8-15(17(24)26)14-5-4-11(7-16(14)25)18(20,21)22/h4-5,7-9,13,25H,2-3,6,10H2,1H3/t13-/m1/s1. The summed E-state index contributed by atoms with van der Waals surface area (Å²) in [5.41, 5.74) is -1.25. The molecular weight excluding hydrogens is 369 g/mol. The van der Waals surface area contributed by atoms with Gasteiger partial charge in [-0.15, -0.1) is 0 Å². The zero-order valence-corrected chi connectivity index (χ0v) is 14.8. The van der Waals surface area contributed by atoms with Crippen molar-refractivity contribution in [3.8, 4) is 16.9 Å². The van der Waals surface area contributed by atoms with Crippen molar-refractivity contribution < 1.29 is 18.3 Å². The lowest BCUT2D eigenvalue weighted by molar-refractivity contribution is -0.137. The predicted molar refractivity (Wildman–Crippen MR) is 93.6 cm³/mol. The number of pyridine rings is 1. The number of halogens is 4. The zero-order chi connectivity index (χ0) is 19.1. The van der Waals surface area contributed by atoms with Gasteiger partial charge in [0.1, 0.15) is 5.75 Å². The first kappa shape index (κ1) is 18.8. The molecule has 3 rings (SSSR count). The minimum atomic E-state index is -4.57. The van der Waals surface area contributed by atoms with E-state index in [1.807, 2.05) is 7.05 Å². The number of benzene rings is 1. The summed E-state index contributed by atoms with van der Waals surface area (Å²) in [6.45, 7) is 1.62. The van der Waals surface area contributed by atoms with Crippen molar-refractivity contribution in [2.75, 3.05) is 20.1 Å². The number of hydrogen-bond acceptors (Lipinski definition) is 3. The molecule has 0 saturated carbocycles. The molecule has 0 spiro atoms. The van der Waals surface area contributed by atoms with Crippen LogP contribution in [0.25, 0.3) is 11.1 Å². The van der Waals surface area contributed by atoms with Gasteiger partial charge in [-0.1, -0.05) is 11.6 Å². The van der Waals surface area contributed by atoms with Crippen molar-refractivity contribution in [3.63, 3.8) is 0 Å². The van der Waals surface area contributed by atoms with Crippen LogP contribution in [-0.2, 0) is 6.18 Å². The lowest BCUT2D eigenvalue weighted by Gasteiger charge is -2.31. The van der Waals surface area contributed by atoms with Crippen LogP contribution in [0.1, 0.15) is 24.4 Å². The van der Waals surface area contributed by atoms with Crippen LogP contribution in [-0.4, -0.2) is 34.7 Å². The molecule has 0 aliphatic carbocycles. The summed E-state index contributed by atoms with van der Waals surface area (Å²) in [5, 5.41) is 10.4. The number of phenols is 1. The van der Waals surface area contributed by atoms with E-state index in [4.69, 9.17) is 11.6 Å². The number of piperidine rings is 1. The van der Waals surface area contributed by atoms with Crippen molar-refractivity contribution >= 4 is 11.6 Å². The molecular formula is C18H18ClF3N2O2. The average molecular weight is 387 g/mol. The Bertz CT molecular complexity index is 880. The Morgan fingerprint density at radius 3 is 2.58 bits per heavy atom. The van der Waals surface area contributed by atoms with E-state index in [2.05, 4.69) is 4.90 Å². The molecule has 2 heterocycles. The van der Waals surface area contributed by atoms with E-state index in [9.17, 15) is 23.1 Å². The molecule has 1 N–H and O–H groups in total. The van der Waals surface area contributed by atoms with Gasteiger partial charge >= 0.3 is 6.18 Å². The molecule has 1 saturated heterocycles. The fourth-order valence-corrected chi connectivity index (χ4v) is 3.55. The molecule has 8 heteroatoms. The van der Waals surface area contributed by atoms with Crippen LogP contribution in [0.5, 0.6) is 5.75 Å². The summed E-state index contributed by atoms with van der Waals surface area (Å²) >= 11 is 6.15. The molecule has 4 nitrogen and oxygen atoms in total.